The monoisotopic (exact) mass is 513 g/mol. The lowest BCUT2D eigenvalue weighted by Crippen LogP contribution is -2.65. The molecule has 2 aliphatic rings. The lowest BCUT2D eigenvalue weighted by atomic mass is 9.76. The number of amides is 1. The highest BCUT2D eigenvalue weighted by Crippen LogP contribution is 2.52. The summed E-state index contributed by atoms with van der Waals surface area (Å²) in [5.41, 5.74) is 8.36. The van der Waals surface area contributed by atoms with Gasteiger partial charge in [-0.25, -0.2) is 13.2 Å². The third kappa shape index (κ3) is 3.45. The molecule has 1 heterocycles. The Kier molecular flexibility index (Phi) is 5.47. The van der Waals surface area contributed by atoms with Crippen LogP contribution in [-0.2, 0) is 10.0 Å². The smallest absolute Gasteiger partial charge is 0.407 e. The van der Waals surface area contributed by atoms with Gasteiger partial charge in [0.05, 0.1) is 16.2 Å². The van der Waals surface area contributed by atoms with E-state index in [-0.39, 0.29) is 30.3 Å². The van der Waals surface area contributed by atoms with Crippen molar-refractivity contribution in [2.75, 3.05) is 25.4 Å². The van der Waals surface area contributed by atoms with E-state index in [1.54, 1.807) is 6.92 Å². The number of sulfonamides is 1. The van der Waals surface area contributed by atoms with Gasteiger partial charge in [-0.15, -0.1) is 0 Å². The number of carboxylic acid groups (broad SMARTS) is 1. The van der Waals surface area contributed by atoms with E-state index in [9.17, 15) is 23.4 Å². The molecule has 1 aliphatic carbocycles. The number of halogens is 1. The zero-order valence-corrected chi connectivity index (χ0v) is 20.4. The van der Waals surface area contributed by atoms with Crippen molar-refractivity contribution in [3.8, 4) is 16.9 Å². The van der Waals surface area contributed by atoms with Crippen molar-refractivity contribution in [3.63, 3.8) is 0 Å². The predicted molar refractivity (Wildman–Crippen MR) is 133 cm³/mol. The molecule has 0 spiro atoms. The van der Waals surface area contributed by atoms with Crippen LogP contribution in [-0.4, -0.2) is 59.1 Å². The molecular formula is C25H24ClN3O5S. The molecule has 1 atom stereocenters. The number of phenolic OH excluding ortho intramolecular Hbond substituents is 1. The predicted octanol–water partition coefficient (Wildman–Crippen LogP) is 4.18. The van der Waals surface area contributed by atoms with Crippen molar-refractivity contribution >= 4 is 33.4 Å². The normalized spacial score (nSPS) is 20.5. The third-order valence-electron chi connectivity index (χ3n) is 7.09. The van der Waals surface area contributed by atoms with Crippen LogP contribution in [0.1, 0.15) is 24.0 Å². The number of anilines is 1. The Hall–Kier alpha value is -3.27. The first-order chi connectivity index (χ1) is 16.6. The zero-order chi connectivity index (χ0) is 25.1. The number of fused-ring (bicyclic) bond motifs is 3. The summed E-state index contributed by atoms with van der Waals surface area (Å²) in [6, 6.07) is 18.2. The fourth-order valence-corrected chi connectivity index (χ4v) is 7.65. The molecule has 0 bridgehead atoms. The number of piperazine rings is 1. The minimum atomic E-state index is -4.30. The molecule has 35 heavy (non-hydrogen) atoms. The van der Waals surface area contributed by atoms with Crippen molar-refractivity contribution in [2.45, 2.75) is 23.3 Å². The van der Waals surface area contributed by atoms with Gasteiger partial charge in [0, 0.05) is 25.6 Å². The first-order valence-corrected chi connectivity index (χ1v) is 12.8. The van der Waals surface area contributed by atoms with Crippen LogP contribution in [0.25, 0.3) is 11.1 Å². The fraction of sp³-hybridized carbons (Fsp3) is 0.240. The molecule has 5 rings (SSSR count). The van der Waals surface area contributed by atoms with Crippen LogP contribution < -0.4 is 5.73 Å². The van der Waals surface area contributed by atoms with Crippen LogP contribution in [0.15, 0.2) is 65.6 Å². The summed E-state index contributed by atoms with van der Waals surface area (Å²) in [6.45, 7) is 1.49. The van der Waals surface area contributed by atoms with E-state index in [0.29, 0.717) is 0 Å². The van der Waals surface area contributed by atoms with Gasteiger partial charge in [0.25, 0.3) is 0 Å². The van der Waals surface area contributed by atoms with Crippen molar-refractivity contribution in [3.05, 3.63) is 76.8 Å². The topological polar surface area (TPSA) is 124 Å². The molecular weight excluding hydrogens is 490 g/mol. The number of phenols is 1. The first kappa shape index (κ1) is 23.5. The summed E-state index contributed by atoms with van der Waals surface area (Å²) in [6.07, 6.45) is -1.13. The van der Waals surface area contributed by atoms with Crippen LogP contribution >= 0.6 is 11.6 Å². The molecule has 1 aliphatic heterocycles. The fourth-order valence-electron chi connectivity index (χ4n) is 5.52. The van der Waals surface area contributed by atoms with Crippen molar-refractivity contribution < 1.29 is 23.4 Å². The lowest BCUT2D eigenvalue weighted by molar-refractivity contribution is 0.0334. The quantitative estimate of drug-likeness (QED) is 0.356. The Labute approximate surface area is 208 Å². The number of hydrogen-bond acceptors (Lipinski definition) is 5. The number of benzene rings is 3. The standard InChI is InChI=1S/C25H24ClN3O5S/c1-25(21-17-8-4-2-6-15(17)16-7-3-5-9-18(16)21)14-28(12-13-29(25)24(31)32)35(33,34)23-19(26)10-11-20(27)22(23)30/h2-11,21,30H,12-14,27H2,1H3,(H,31,32). The Morgan fingerprint density at radius 2 is 1.60 bits per heavy atom. The number of aromatic hydroxyl groups is 1. The van der Waals surface area contributed by atoms with Crippen LogP contribution in [0.3, 0.4) is 0 Å². The molecule has 1 unspecified atom stereocenters. The second-order valence-electron chi connectivity index (χ2n) is 9.05. The highest BCUT2D eigenvalue weighted by molar-refractivity contribution is 7.89. The number of rotatable bonds is 3. The molecule has 3 aromatic rings. The van der Waals surface area contributed by atoms with Gasteiger partial charge in [-0.3, -0.25) is 4.90 Å². The van der Waals surface area contributed by atoms with Crippen molar-refractivity contribution in [1.29, 1.82) is 0 Å². The van der Waals surface area contributed by atoms with E-state index in [4.69, 9.17) is 17.3 Å². The summed E-state index contributed by atoms with van der Waals surface area (Å²) in [4.78, 5) is 13.3. The summed E-state index contributed by atoms with van der Waals surface area (Å²) in [5, 5.41) is 20.5. The molecule has 0 saturated carbocycles. The van der Waals surface area contributed by atoms with Crippen molar-refractivity contribution in [2.24, 2.45) is 0 Å². The highest BCUT2D eigenvalue weighted by atomic mass is 35.5. The van der Waals surface area contributed by atoms with Gasteiger partial charge in [0.1, 0.15) is 4.90 Å². The third-order valence-corrected chi connectivity index (χ3v) is 9.43. The maximum atomic E-state index is 13.7. The van der Waals surface area contributed by atoms with E-state index in [2.05, 4.69) is 0 Å². The minimum absolute atomic E-state index is 0.0490. The van der Waals surface area contributed by atoms with E-state index in [1.807, 2.05) is 48.5 Å². The second-order valence-corrected chi connectivity index (χ2v) is 11.3. The van der Waals surface area contributed by atoms with Gasteiger partial charge >= 0.3 is 6.09 Å². The molecule has 1 amide bonds. The van der Waals surface area contributed by atoms with E-state index in [1.165, 1.54) is 21.3 Å². The lowest BCUT2D eigenvalue weighted by Gasteiger charge is -2.50. The van der Waals surface area contributed by atoms with Crippen LogP contribution in [0.4, 0.5) is 10.5 Å². The van der Waals surface area contributed by atoms with Gasteiger partial charge < -0.3 is 15.9 Å². The first-order valence-electron chi connectivity index (χ1n) is 11.0. The average Bonchev–Trinajstić information content (AvgIpc) is 3.16. The van der Waals surface area contributed by atoms with E-state index >= 15 is 0 Å². The molecule has 0 radical (unpaired) electrons. The minimum Gasteiger partial charge on any atom is -0.504 e. The second kappa shape index (κ2) is 8.15. The molecule has 1 saturated heterocycles. The Morgan fingerprint density at radius 1 is 1.03 bits per heavy atom. The largest absolute Gasteiger partial charge is 0.504 e. The molecule has 4 N–H and O–H groups in total. The highest BCUT2D eigenvalue weighted by Gasteiger charge is 2.52. The molecule has 1 fully saturated rings. The number of carbonyl (C=O) groups is 1. The SMILES string of the molecule is CC1(C2c3ccccc3-c3ccccc32)CN(S(=O)(=O)c2c(Cl)ccc(N)c2O)CCN1C(=O)O. The van der Waals surface area contributed by atoms with E-state index < -0.39 is 38.2 Å². The van der Waals surface area contributed by atoms with Gasteiger partial charge in [-0.05, 0) is 41.3 Å². The van der Waals surface area contributed by atoms with Crippen LogP contribution in [0.5, 0.6) is 5.75 Å². The van der Waals surface area contributed by atoms with Gasteiger partial charge in [0.2, 0.25) is 10.0 Å². The molecule has 182 valence electrons. The van der Waals surface area contributed by atoms with Crippen LogP contribution in [0, 0.1) is 0 Å². The molecule has 10 heteroatoms. The number of hydrogen-bond donors (Lipinski definition) is 3. The number of nitrogens with two attached hydrogens (primary N) is 1. The zero-order valence-electron chi connectivity index (χ0n) is 18.8. The van der Waals surface area contributed by atoms with E-state index in [0.717, 1.165) is 22.3 Å². The van der Waals surface area contributed by atoms with Crippen LogP contribution in [0.2, 0.25) is 5.02 Å². The summed E-state index contributed by atoms with van der Waals surface area (Å²) >= 11 is 6.19. The Balaban J connectivity index is 1.66. The average molecular weight is 514 g/mol. The summed E-state index contributed by atoms with van der Waals surface area (Å²) in [5.74, 6) is -1.02. The maximum absolute atomic E-state index is 13.7. The maximum Gasteiger partial charge on any atom is 0.407 e. The molecule has 0 aromatic heterocycles. The number of nitrogen functional groups attached to an aromatic ring is 1. The van der Waals surface area contributed by atoms with Gasteiger partial charge in [0.15, 0.2) is 5.75 Å². The Bertz CT molecular complexity index is 1420. The van der Waals surface area contributed by atoms with Crippen molar-refractivity contribution in [1.82, 2.24) is 9.21 Å². The summed E-state index contributed by atoms with van der Waals surface area (Å²) in [7, 11) is -4.30. The molecule has 3 aromatic carbocycles. The Morgan fingerprint density at radius 3 is 2.17 bits per heavy atom. The van der Waals surface area contributed by atoms with Gasteiger partial charge in [-0.2, -0.15) is 4.31 Å². The molecule has 8 nitrogen and oxygen atoms in total. The van der Waals surface area contributed by atoms with Gasteiger partial charge in [-0.1, -0.05) is 60.1 Å². The number of nitrogens with zero attached hydrogens (tertiary/aromatic N) is 2. The summed E-state index contributed by atoms with van der Waals surface area (Å²) < 4.78 is 28.6.